The molecule has 3 aromatic rings. The number of carbonyl (C=O) groups is 1. The molecule has 1 amide bonds. The van der Waals surface area contributed by atoms with Crippen LogP contribution in [0.15, 0.2) is 40.9 Å². The fourth-order valence-corrected chi connectivity index (χ4v) is 4.00. The predicted octanol–water partition coefficient (Wildman–Crippen LogP) is 4.75. The van der Waals surface area contributed by atoms with Gasteiger partial charge in [-0.1, -0.05) is 37.6 Å². The van der Waals surface area contributed by atoms with Crippen LogP contribution in [-0.2, 0) is 13.5 Å². The third-order valence-electron chi connectivity index (χ3n) is 5.35. The molecule has 0 spiro atoms. The molecule has 0 bridgehead atoms. The van der Waals surface area contributed by atoms with Crippen LogP contribution in [0, 0.1) is 0 Å². The molecular formula is C22H25ClN4O2. The highest BCUT2D eigenvalue weighted by Crippen LogP contribution is 2.33. The Morgan fingerprint density at radius 2 is 2.17 bits per heavy atom. The van der Waals surface area contributed by atoms with Gasteiger partial charge < -0.3 is 9.32 Å². The van der Waals surface area contributed by atoms with Crippen molar-refractivity contribution in [2.24, 2.45) is 7.05 Å². The molecule has 1 aliphatic rings. The average Bonchev–Trinajstić information content (AvgIpc) is 3.40. The van der Waals surface area contributed by atoms with E-state index < -0.39 is 0 Å². The van der Waals surface area contributed by atoms with Crippen molar-refractivity contribution in [1.29, 1.82) is 0 Å². The molecule has 1 aromatic carbocycles. The molecule has 29 heavy (non-hydrogen) atoms. The monoisotopic (exact) mass is 412 g/mol. The van der Waals surface area contributed by atoms with E-state index in [1.807, 2.05) is 42.3 Å². The summed E-state index contributed by atoms with van der Waals surface area (Å²) in [7, 11) is 1.82. The zero-order chi connectivity index (χ0) is 20.5. The number of nitrogens with zero attached hydrogens (tertiary/aromatic N) is 4. The Labute approximate surface area is 175 Å². The van der Waals surface area contributed by atoms with Crippen LogP contribution in [-0.4, -0.2) is 32.1 Å². The van der Waals surface area contributed by atoms with E-state index in [0.717, 1.165) is 29.9 Å². The first-order valence-electron chi connectivity index (χ1n) is 9.96. The molecular weight excluding hydrogens is 388 g/mol. The molecule has 1 fully saturated rings. The van der Waals surface area contributed by atoms with Crippen molar-refractivity contribution in [3.05, 3.63) is 70.2 Å². The normalized spacial score (nSPS) is 16.7. The molecule has 4 rings (SSSR count). The second kappa shape index (κ2) is 8.03. The number of hydrogen-bond donors (Lipinski definition) is 0. The summed E-state index contributed by atoms with van der Waals surface area (Å²) in [5.74, 6) is 1.62. The van der Waals surface area contributed by atoms with Crippen LogP contribution in [0.25, 0.3) is 0 Å². The molecule has 1 unspecified atom stereocenters. The SMILES string of the molecule is CC(C)c1cc(C(=O)N2CCCC2c2ncc(Cc3cccc(Cl)c3)o2)n(C)n1. The number of oxazole rings is 1. The highest BCUT2D eigenvalue weighted by Gasteiger charge is 2.35. The molecule has 3 heterocycles. The lowest BCUT2D eigenvalue weighted by molar-refractivity contribution is 0.0703. The minimum Gasteiger partial charge on any atom is -0.443 e. The number of rotatable bonds is 5. The number of aryl methyl sites for hydroxylation is 1. The smallest absolute Gasteiger partial charge is 0.272 e. The van der Waals surface area contributed by atoms with Crippen molar-refractivity contribution < 1.29 is 9.21 Å². The van der Waals surface area contributed by atoms with Crippen LogP contribution in [0.4, 0.5) is 0 Å². The topological polar surface area (TPSA) is 64.2 Å². The first-order valence-corrected chi connectivity index (χ1v) is 10.3. The second-order valence-corrected chi connectivity index (χ2v) is 8.30. The maximum absolute atomic E-state index is 13.2. The third kappa shape index (κ3) is 4.08. The molecule has 2 aromatic heterocycles. The van der Waals surface area contributed by atoms with Gasteiger partial charge in [-0.15, -0.1) is 0 Å². The van der Waals surface area contributed by atoms with E-state index in [2.05, 4.69) is 23.9 Å². The van der Waals surface area contributed by atoms with Gasteiger partial charge in [-0.3, -0.25) is 9.48 Å². The minimum absolute atomic E-state index is 0.0241. The Morgan fingerprint density at radius 3 is 2.90 bits per heavy atom. The van der Waals surface area contributed by atoms with Crippen LogP contribution in [0.5, 0.6) is 0 Å². The zero-order valence-corrected chi connectivity index (χ0v) is 17.7. The Hall–Kier alpha value is -2.60. The van der Waals surface area contributed by atoms with Gasteiger partial charge in [0.2, 0.25) is 5.89 Å². The summed E-state index contributed by atoms with van der Waals surface area (Å²) in [6, 6.07) is 9.45. The average molecular weight is 413 g/mol. The Kier molecular flexibility index (Phi) is 5.46. The summed E-state index contributed by atoms with van der Waals surface area (Å²) in [6.45, 7) is 4.84. The van der Waals surface area contributed by atoms with Crippen molar-refractivity contribution >= 4 is 17.5 Å². The summed E-state index contributed by atoms with van der Waals surface area (Å²) < 4.78 is 7.70. The fraction of sp³-hybridized carbons (Fsp3) is 0.409. The fourth-order valence-electron chi connectivity index (χ4n) is 3.79. The van der Waals surface area contributed by atoms with Crippen molar-refractivity contribution in [3.8, 4) is 0 Å². The summed E-state index contributed by atoms with van der Waals surface area (Å²) in [4.78, 5) is 19.5. The number of benzene rings is 1. The molecule has 6 nitrogen and oxygen atoms in total. The number of likely N-dealkylation sites (tertiary alicyclic amines) is 1. The Balaban J connectivity index is 1.53. The van der Waals surface area contributed by atoms with Crippen molar-refractivity contribution in [1.82, 2.24) is 19.7 Å². The van der Waals surface area contributed by atoms with Gasteiger partial charge in [0.05, 0.1) is 11.9 Å². The van der Waals surface area contributed by atoms with Gasteiger partial charge in [0.1, 0.15) is 17.5 Å². The van der Waals surface area contributed by atoms with Crippen LogP contribution in [0.2, 0.25) is 5.02 Å². The quantitative estimate of drug-likeness (QED) is 0.606. The molecule has 0 radical (unpaired) electrons. The summed E-state index contributed by atoms with van der Waals surface area (Å²) in [5.41, 5.74) is 2.59. The van der Waals surface area contributed by atoms with Gasteiger partial charge in [0.15, 0.2) is 0 Å². The largest absolute Gasteiger partial charge is 0.443 e. The molecule has 7 heteroatoms. The Morgan fingerprint density at radius 1 is 1.34 bits per heavy atom. The molecule has 152 valence electrons. The van der Waals surface area contributed by atoms with Crippen LogP contribution in [0.3, 0.4) is 0 Å². The summed E-state index contributed by atoms with van der Waals surface area (Å²) in [5, 5.41) is 5.18. The highest BCUT2D eigenvalue weighted by molar-refractivity contribution is 6.30. The molecule has 1 aliphatic heterocycles. The number of aromatic nitrogens is 3. The lowest BCUT2D eigenvalue weighted by atomic mass is 10.1. The van der Waals surface area contributed by atoms with Crippen LogP contribution in [0.1, 0.15) is 72.0 Å². The van der Waals surface area contributed by atoms with E-state index in [1.54, 1.807) is 10.9 Å². The first kappa shape index (κ1) is 19.7. The maximum Gasteiger partial charge on any atom is 0.272 e. The van der Waals surface area contributed by atoms with Gasteiger partial charge >= 0.3 is 0 Å². The minimum atomic E-state index is -0.145. The number of amides is 1. The molecule has 1 saturated heterocycles. The van der Waals surface area contributed by atoms with Crippen molar-refractivity contribution in [3.63, 3.8) is 0 Å². The molecule has 0 saturated carbocycles. The zero-order valence-electron chi connectivity index (χ0n) is 16.9. The standard InChI is InChI=1S/C22H25ClN4O2/c1-14(2)18-12-20(26(3)25-18)22(28)27-9-5-8-19(27)21-24-13-17(29-21)11-15-6-4-7-16(23)10-15/h4,6-7,10,12-14,19H,5,8-9,11H2,1-3H3. The van der Waals surface area contributed by atoms with Gasteiger partial charge in [-0.2, -0.15) is 5.10 Å². The lowest BCUT2D eigenvalue weighted by Crippen LogP contribution is -2.32. The third-order valence-corrected chi connectivity index (χ3v) is 5.58. The highest BCUT2D eigenvalue weighted by atomic mass is 35.5. The number of carbonyl (C=O) groups excluding carboxylic acids is 1. The van der Waals surface area contributed by atoms with E-state index >= 15 is 0 Å². The maximum atomic E-state index is 13.2. The molecule has 1 atom stereocenters. The second-order valence-electron chi connectivity index (χ2n) is 7.86. The number of halogens is 1. The van der Waals surface area contributed by atoms with Gasteiger partial charge in [-0.05, 0) is 42.5 Å². The molecule has 0 N–H and O–H groups in total. The van der Waals surface area contributed by atoms with E-state index in [9.17, 15) is 4.79 Å². The van der Waals surface area contributed by atoms with E-state index in [0.29, 0.717) is 29.6 Å². The van der Waals surface area contributed by atoms with E-state index in [4.69, 9.17) is 16.0 Å². The van der Waals surface area contributed by atoms with E-state index in [1.165, 1.54) is 0 Å². The van der Waals surface area contributed by atoms with Crippen LogP contribution >= 0.6 is 11.6 Å². The van der Waals surface area contributed by atoms with Crippen molar-refractivity contribution in [2.75, 3.05) is 6.54 Å². The molecule has 0 aliphatic carbocycles. The lowest BCUT2D eigenvalue weighted by Gasteiger charge is -2.22. The van der Waals surface area contributed by atoms with Gasteiger partial charge in [0.25, 0.3) is 5.91 Å². The van der Waals surface area contributed by atoms with Gasteiger partial charge in [0, 0.05) is 25.0 Å². The Bertz CT molecular complexity index is 1020. The summed E-state index contributed by atoms with van der Waals surface area (Å²) in [6.07, 6.45) is 4.14. The first-order chi connectivity index (χ1) is 13.9. The van der Waals surface area contributed by atoms with Gasteiger partial charge in [-0.25, -0.2) is 4.98 Å². The van der Waals surface area contributed by atoms with Crippen molar-refractivity contribution in [2.45, 2.75) is 45.1 Å². The van der Waals surface area contributed by atoms with E-state index in [-0.39, 0.29) is 17.9 Å². The number of hydrogen-bond acceptors (Lipinski definition) is 4. The van der Waals surface area contributed by atoms with Crippen LogP contribution < -0.4 is 0 Å². The predicted molar refractivity (Wildman–Crippen MR) is 111 cm³/mol. The summed E-state index contributed by atoms with van der Waals surface area (Å²) >= 11 is 6.07.